The van der Waals surface area contributed by atoms with E-state index in [1.165, 1.54) is 6.66 Å². The van der Waals surface area contributed by atoms with Crippen molar-refractivity contribution in [1.82, 2.24) is 0 Å². The molecule has 0 rings (SSSR count). The maximum Gasteiger partial charge on any atom is 0.148 e. The van der Waals surface area contributed by atoms with Gasteiger partial charge in [-0.2, -0.15) is 0 Å². The molecule has 0 aromatic rings. The molecule has 40 valence electrons. The number of rotatable bonds is 2. The molecule has 2 radical (unpaired) electrons. The van der Waals surface area contributed by atoms with Gasteiger partial charge >= 0.3 is 0 Å². The molecule has 3 atom stereocenters. The van der Waals surface area contributed by atoms with Gasteiger partial charge in [0.05, 0.1) is 0 Å². The van der Waals surface area contributed by atoms with E-state index in [-0.39, 0.29) is 0 Å². The third-order valence-corrected chi connectivity index (χ3v) is 6.05. The second kappa shape index (κ2) is 4.13. The van der Waals surface area contributed by atoms with Crippen LogP contribution in [0.1, 0.15) is 0 Å². The van der Waals surface area contributed by atoms with E-state index in [0.717, 1.165) is 0 Å². The highest BCUT2D eigenvalue weighted by Crippen LogP contribution is 2.77. The predicted molar refractivity (Wildman–Crippen MR) is 36.0 cm³/mol. The van der Waals surface area contributed by atoms with E-state index in [9.17, 15) is 8.39 Å². The smallest absolute Gasteiger partial charge is 0.148 e. The number of halogens is 2. The van der Waals surface area contributed by atoms with Crippen LogP contribution in [0.4, 0.5) is 8.39 Å². The highest BCUT2D eigenvalue weighted by molar-refractivity contribution is 8.59. The minimum Gasteiger partial charge on any atom is -0.223 e. The van der Waals surface area contributed by atoms with Gasteiger partial charge in [0.25, 0.3) is 0 Å². The highest BCUT2D eigenvalue weighted by atomic mass is 32.5. The Kier molecular flexibility index (Phi) is 3.74. The molecule has 3 unspecified atom stereocenters. The standard InChI is InChI=1S/CH4BF2P3/c1-6(2)7(4)5-3/h5H,1H3/i5T. The first-order valence-electron chi connectivity index (χ1n) is 1.89. The van der Waals surface area contributed by atoms with Crippen LogP contribution in [0, 0.1) is 0 Å². The number of hydrogen-bond donors (Lipinski definition) is 0. The molecule has 0 spiro atoms. The quantitative estimate of drug-likeness (QED) is 0.430. The summed E-state index contributed by atoms with van der Waals surface area (Å²) in [5.41, 5.74) is 0. The molecule has 6 heteroatoms. The zero-order chi connectivity index (χ0) is 6.73. The second-order valence-corrected chi connectivity index (χ2v) is 8.07. The Hall–Kier alpha value is 1.21. The normalized spacial score (nSPS) is 25.3. The van der Waals surface area contributed by atoms with Crippen LogP contribution in [-0.4, -0.2) is 15.5 Å². The average molecular weight is 160 g/mol. The van der Waals surface area contributed by atoms with Gasteiger partial charge in [0.15, 0.2) is 0 Å². The Balaban J connectivity index is 3.46. The molecule has 0 aromatic heterocycles. The van der Waals surface area contributed by atoms with Crippen LogP contribution in [0.5, 0.6) is 0 Å². The Morgan fingerprint density at radius 1 is 2.00 bits per heavy atom. The van der Waals surface area contributed by atoms with Crippen LogP contribution < -0.4 is 0 Å². The van der Waals surface area contributed by atoms with Crippen molar-refractivity contribution in [2.24, 2.45) is 0 Å². The van der Waals surface area contributed by atoms with Crippen LogP contribution in [-0.2, 0) is 0 Å². The molecule has 0 saturated carbocycles. The van der Waals surface area contributed by atoms with E-state index < -0.39 is 23.6 Å². The van der Waals surface area contributed by atoms with Gasteiger partial charge in [-0.05, 0) is 6.66 Å². The molecule has 0 aliphatic rings. The van der Waals surface area contributed by atoms with E-state index >= 15 is 0 Å². The Morgan fingerprint density at radius 3 is 2.43 bits per heavy atom. The van der Waals surface area contributed by atoms with Gasteiger partial charge in [0.2, 0.25) is 0 Å². The molecule has 7 heavy (non-hydrogen) atoms. The van der Waals surface area contributed by atoms with Crippen molar-refractivity contribution < 1.29 is 8.39 Å². The summed E-state index contributed by atoms with van der Waals surface area (Å²) in [6.07, 6.45) is 0. The number of hydrogen-bond acceptors (Lipinski definition) is 0. The van der Waals surface area contributed by atoms with Crippen molar-refractivity contribution in [1.29, 1.82) is 1.28 Å². The fourth-order valence-corrected chi connectivity index (χ4v) is 1.44. The zero-order valence-corrected chi connectivity index (χ0v) is 6.36. The lowest BCUT2D eigenvalue weighted by Crippen LogP contribution is -1.52. The molecule has 0 aliphatic heterocycles. The molecule has 0 amide bonds. The Bertz CT molecular complexity index is 62.3. The average Bonchev–Trinajstić information content (AvgIpc) is 1.64. The van der Waals surface area contributed by atoms with E-state index in [0.29, 0.717) is 0 Å². The summed E-state index contributed by atoms with van der Waals surface area (Å²) >= 11 is 0. The maximum atomic E-state index is 12.1. The van der Waals surface area contributed by atoms with Crippen LogP contribution in [0.25, 0.3) is 0 Å². The lowest BCUT2D eigenvalue weighted by atomic mass is 10.8. The van der Waals surface area contributed by atoms with Crippen molar-refractivity contribution in [2.75, 3.05) is 6.66 Å². The first-order chi connectivity index (χ1) is 3.55. The monoisotopic (exact) mass is 160 g/mol. The SMILES string of the molecule is [3H]P(F)P(F)P([B])C. The van der Waals surface area contributed by atoms with Crippen LogP contribution >= 0.6 is 23.6 Å². The van der Waals surface area contributed by atoms with Crippen LogP contribution in [0.15, 0.2) is 0 Å². The van der Waals surface area contributed by atoms with Crippen LogP contribution in [0.2, 0.25) is 0 Å². The minimum atomic E-state index is -2.65. The summed E-state index contributed by atoms with van der Waals surface area (Å²) in [5, 5.41) is 0. The second-order valence-electron chi connectivity index (χ2n) is 0.890. The van der Waals surface area contributed by atoms with Gasteiger partial charge in [-0.1, -0.05) is 7.49 Å². The van der Waals surface area contributed by atoms with Gasteiger partial charge in [-0.3, -0.25) is 0 Å². The first kappa shape index (κ1) is 6.34. The third kappa shape index (κ3) is 3.77. The predicted octanol–water partition coefficient (Wildman–Crippen LogP) is 2.94. The van der Waals surface area contributed by atoms with E-state index in [1.807, 2.05) is 0 Å². The topological polar surface area (TPSA) is 0 Å². The summed E-state index contributed by atoms with van der Waals surface area (Å²) in [6, 6.07) is 0. The molecular formula is CH4BF2P3. The molecule has 0 N–H and O–H groups in total. The molecule has 0 nitrogen and oxygen atoms in total. The van der Waals surface area contributed by atoms with Crippen LogP contribution in [0.3, 0.4) is 0 Å². The van der Waals surface area contributed by atoms with Gasteiger partial charge in [0.1, 0.15) is 25.0 Å². The van der Waals surface area contributed by atoms with Crippen molar-refractivity contribution >= 4 is 31.2 Å². The lowest BCUT2D eigenvalue weighted by Gasteiger charge is -2.04. The van der Waals surface area contributed by atoms with Crippen molar-refractivity contribution in [3.63, 3.8) is 0 Å². The van der Waals surface area contributed by atoms with E-state index in [2.05, 4.69) is 0 Å². The molecule has 0 fully saturated rings. The summed E-state index contributed by atoms with van der Waals surface area (Å²) in [6.45, 7) is 1.44. The molecular weight excluding hydrogens is 154 g/mol. The molecule has 0 bridgehead atoms. The molecule has 0 saturated heterocycles. The molecule has 0 heterocycles. The Morgan fingerprint density at radius 2 is 2.43 bits per heavy atom. The van der Waals surface area contributed by atoms with Gasteiger partial charge in [-0.25, -0.2) is 8.39 Å². The maximum absolute atomic E-state index is 12.1. The van der Waals surface area contributed by atoms with Crippen molar-refractivity contribution in [3.8, 4) is 0 Å². The highest BCUT2D eigenvalue weighted by Gasteiger charge is 2.08. The fraction of sp³-hybridized carbons (Fsp3) is 1.00. The van der Waals surface area contributed by atoms with Gasteiger partial charge in [-0.15, -0.1) is 0 Å². The van der Waals surface area contributed by atoms with Gasteiger partial charge in [0, 0.05) is 0 Å². The van der Waals surface area contributed by atoms with Crippen molar-refractivity contribution in [3.05, 3.63) is 0 Å². The molecule has 0 aliphatic carbocycles. The van der Waals surface area contributed by atoms with E-state index in [1.54, 1.807) is 0 Å². The first-order valence-corrected chi connectivity index (χ1v) is 6.73. The summed E-state index contributed by atoms with van der Waals surface area (Å²) in [5.74, 6) is 0. The zero-order valence-electron chi connectivity index (χ0n) is 4.67. The lowest BCUT2D eigenvalue weighted by molar-refractivity contribution is 0.904. The summed E-state index contributed by atoms with van der Waals surface area (Å²) < 4.78 is 30.1. The van der Waals surface area contributed by atoms with Crippen molar-refractivity contribution in [2.45, 2.75) is 0 Å². The Labute approximate surface area is 48.4 Å². The largest absolute Gasteiger partial charge is 0.223 e. The fourth-order valence-electron chi connectivity index (χ4n) is 0.0533. The molecule has 0 aromatic carbocycles. The minimum absolute atomic E-state index is 1.34. The third-order valence-electron chi connectivity index (χ3n) is 0.323. The van der Waals surface area contributed by atoms with Gasteiger partial charge < -0.3 is 0 Å². The van der Waals surface area contributed by atoms with E-state index in [4.69, 9.17) is 8.84 Å². The summed E-state index contributed by atoms with van der Waals surface area (Å²) in [7, 11) is -1.27. The summed E-state index contributed by atoms with van der Waals surface area (Å²) in [4.78, 5) is 0.